The van der Waals surface area contributed by atoms with Crippen LogP contribution < -0.4 is 0 Å². The number of carbonyl (C=O) groups excluding carboxylic acids is 1. The van der Waals surface area contributed by atoms with Gasteiger partial charge in [0.1, 0.15) is 6.10 Å². The van der Waals surface area contributed by atoms with Crippen LogP contribution in [0.5, 0.6) is 0 Å². The largest absolute Gasteiger partial charge is 0.458 e. The van der Waals surface area contributed by atoms with Gasteiger partial charge in [0, 0.05) is 6.42 Å². The van der Waals surface area contributed by atoms with Crippen molar-refractivity contribution >= 4 is 5.97 Å². The maximum absolute atomic E-state index is 12.1. The summed E-state index contributed by atoms with van der Waals surface area (Å²) in [4.78, 5) is 12.1. The van der Waals surface area contributed by atoms with Gasteiger partial charge < -0.3 is 4.74 Å². The molecule has 0 N–H and O–H groups in total. The maximum atomic E-state index is 12.1. The van der Waals surface area contributed by atoms with Crippen LogP contribution >= 0.6 is 0 Å². The second-order valence-electron chi connectivity index (χ2n) is 9.37. The van der Waals surface area contributed by atoms with Crippen molar-refractivity contribution in [2.75, 3.05) is 0 Å². The summed E-state index contributed by atoms with van der Waals surface area (Å²) in [5, 5.41) is 0. The van der Waals surface area contributed by atoms with Gasteiger partial charge in [0.2, 0.25) is 0 Å². The molecule has 0 aliphatic heterocycles. The van der Waals surface area contributed by atoms with E-state index in [1.165, 1.54) is 68.1 Å². The minimum Gasteiger partial charge on any atom is -0.458 e. The molecule has 2 heteroatoms. The third-order valence-corrected chi connectivity index (χ3v) is 6.57. The van der Waals surface area contributed by atoms with Crippen LogP contribution in [0.25, 0.3) is 11.1 Å². The molecule has 2 nitrogen and oxygen atoms in total. The monoisotopic (exact) mass is 436 g/mol. The van der Waals surface area contributed by atoms with Gasteiger partial charge in [-0.1, -0.05) is 114 Å². The number of benzene rings is 2. The third-order valence-electron chi connectivity index (χ3n) is 6.57. The molecule has 0 bridgehead atoms. The molecule has 0 spiro atoms. The maximum Gasteiger partial charge on any atom is 0.306 e. The summed E-state index contributed by atoms with van der Waals surface area (Å²) < 4.78 is 5.64. The van der Waals surface area contributed by atoms with Gasteiger partial charge in [-0.05, 0) is 54.4 Å². The highest BCUT2D eigenvalue weighted by atomic mass is 16.5. The molecule has 2 rings (SSSR count). The number of hydrogen-bond donors (Lipinski definition) is 0. The minimum absolute atomic E-state index is 0.0918. The smallest absolute Gasteiger partial charge is 0.306 e. The zero-order valence-electron chi connectivity index (χ0n) is 20.9. The van der Waals surface area contributed by atoms with E-state index in [2.05, 4.69) is 69.3 Å². The zero-order chi connectivity index (χ0) is 23.2. The van der Waals surface area contributed by atoms with Gasteiger partial charge in [-0.2, -0.15) is 0 Å². The van der Waals surface area contributed by atoms with Gasteiger partial charge in [-0.15, -0.1) is 0 Å². The van der Waals surface area contributed by atoms with Gasteiger partial charge in [-0.3, -0.25) is 4.79 Å². The van der Waals surface area contributed by atoms with Gasteiger partial charge in [0.25, 0.3) is 0 Å². The molecule has 0 fully saturated rings. The minimum atomic E-state index is -0.208. The Bertz CT molecular complexity index is 760. The fourth-order valence-electron chi connectivity index (χ4n) is 4.04. The summed E-state index contributed by atoms with van der Waals surface area (Å²) in [6.45, 7) is 8.65. The van der Waals surface area contributed by atoms with Crippen LogP contribution in [0, 0.1) is 5.92 Å². The predicted molar refractivity (Wildman–Crippen MR) is 137 cm³/mol. The third kappa shape index (κ3) is 9.59. The molecule has 0 aromatic heterocycles. The first-order valence-corrected chi connectivity index (χ1v) is 12.9. The first-order valence-electron chi connectivity index (χ1n) is 12.9. The lowest BCUT2D eigenvalue weighted by molar-refractivity contribution is -0.148. The fourth-order valence-corrected chi connectivity index (χ4v) is 4.04. The Balaban J connectivity index is 1.79. The molecule has 2 unspecified atom stereocenters. The van der Waals surface area contributed by atoms with E-state index in [1.807, 2.05) is 6.92 Å². The summed E-state index contributed by atoms with van der Waals surface area (Å²) in [6, 6.07) is 17.4. The summed E-state index contributed by atoms with van der Waals surface area (Å²) in [5.74, 6) is 0.586. The zero-order valence-corrected chi connectivity index (χ0v) is 20.9. The molecule has 0 saturated heterocycles. The molecule has 0 radical (unpaired) electrons. The molecule has 2 aromatic carbocycles. The lowest BCUT2D eigenvalue weighted by atomic mass is 9.99. The number of rotatable bonds is 15. The van der Waals surface area contributed by atoms with Crippen LogP contribution in [-0.4, -0.2) is 5.97 Å². The van der Waals surface area contributed by atoms with E-state index in [4.69, 9.17) is 4.74 Å². The highest BCUT2D eigenvalue weighted by Crippen LogP contribution is 2.25. The van der Waals surface area contributed by atoms with Crippen LogP contribution in [-0.2, 0) is 16.0 Å². The highest BCUT2D eigenvalue weighted by molar-refractivity contribution is 5.69. The number of hydrogen-bond acceptors (Lipinski definition) is 2. The van der Waals surface area contributed by atoms with Gasteiger partial charge >= 0.3 is 5.97 Å². The van der Waals surface area contributed by atoms with E-state index >= 15 is 0 Å². The number of unbranched alkanes of at least 4 members (excludes halogenated alkanes) is 5. The Morgan fingerprint density at radius 1 is 0.781 bits per heavy atom. The molecule has 0 aliphatic rings. The average Bonchev–Trinajstić information content (AvgIpc) is 2.81. The van der Waals surface area contributed by atoms with Crippen LogP contribution in [0.2, 0.25) is 0 Å². The fraction of sp³-hybridized carbons (Fsp3) is 0.567. The lowest BCUT2D eigenvalue weighted by Gasteiger charge is -2.15. The van der Waals surface area contributed by atoms with E-state index in [-0.39, 0.29) is 12.1 Å². The van der Waals surface area contributed by atoms with Crippen LogP contribution in [0.4, 0.5) is 0 Å². The SMILES string of the molecule is CCCCCCCCc1ccc(-c2ccc(C(C)OC(=O)CCCC(C)CC)cc2)cc1. The van der Waals surface area contributed by atoms with Crippen molar-refractivity contribution in [3.8, 4) is 11.1 Å². The van der Waals surface area contributed by atoms with E-state index in [0.717, 1.165) is 18.4 Å². The molecule has 176 valence electrons. The number of carbonyl (C=O) groups is 1. The summed E-state index contributed by atoms with van der Waals surface area (Å²) in [6.07, 6.45) is 12.7. The van der Waals surface area contributed by atoms with E-state index in [0.29, 0.717) is 12.3 Å². The van der Waals surface area contributed by atoms with Crippen LogP contribution in [0.3, 0.4) is 0 Å². The molecular weight excluding hydrogens is 392 g/mol. The van der Waals surface area contributed by atoms with Crippen molar-refractivity contribution in [3.05, 3.63) is 59.7 Å². The van der Waals surface area contributed by atoms with Crippen LogP contribution in [0.1, 0.15) is 109 Å². The number of ether oxygens (including phenoxy) is 1. The van der Waals surface area contributed by atoms with Crippen molar-refractivity contribution in [3.63, 3.8) is 0 Å². The van der Waals surface area contributed by atoms with E-state index in [1.54, 1.807) is 0 Å². The number of esters is 1. The Morgan fingerprint density at radius 2 is 1.38 bits per heavy atom. The highest BCUT2D eigenvalue weighted by Gasteiger charge is 2.12. The summed E-state index contributed by atoms with van der Waals surface area (Å²) >= 11 is 0. The number of aryl methyl sites for hydroxylation is 1. The summed E-state index contributed by atoms with van der Waals surface area (Å²) in [7, 11) is 0. The normalized spacial score (nSPS) is 13.0. The molecular formula is C30H44O2. The predicted octanol–water partition coefficient (Wildman–Crippen LogP) is 9.08. The molecule has 0 saturated carbocycles. The van der Waals surface area contributed by atoms with Crippen molar-refractivity contribution in [1.82, 2.24) is 0 Å². The van der Waals surface area contributed by atoms with Gasteiger partial charge in [-0.25, -0.2) is 0 Å². The van der Waals surface area contributed by atoms with Crippen molar-refractivity contribution in [1.29, 1.82) is 0 Å². The lowest BCUT2D eigenvalue weighted by Crippen LogP contribution is -2.09. The van der Waals surface area contributed by atoms with Gasteiger partial charge in [0.05, 0.1) is 0 Å². The van der Waals surface area contributed by atoms with E-state index < -0.39 is 0 Å². The Hall–Kier alpha value is -2.09. The second kappa shape index (κ2) is 14.9. The Morgan fingerprint density at radius 3 is 2.00 bits per heavy atom. The molecule has 0 heterocycles. The first kappa shape index (κ1) is 26.2. The first-order chi connectivity index (χ1) is 15.5. The molecule has 2 aromatic rings. The van der Waals surface area contributed by atoms with Gasteiger partial charge in [0.15, 0.2) is 0 Å². The van der Waals surface area contributed by atoms with E-state index in [9.17, 15) is 4.79 Å². The van der Waals surface area contributed by atoms with Crippen molar-refractivity contribution < 1.29 is 9.53 Å². The standard InChI is InChI=1S/C30H44O2/c1-5-7-8-9-10-11-14-26-16-18-28(19-17-26)29-22-20-27(21-23-29)25(4)32-30(31)15-12-13-24(3)6-2/h16-25H,5-15H2,1-4H3. The molecule has 0 amide bonds. The summed E-state index contributed by atoms with van der Waals surface area (Å²) in [5.41, 5.74) is 4.91. The molecule has 2 atom stereocenters. The Labute approximate surface area is 196 Å². The van der Waals surface area contributed by atoms with Crippen molar-refractivity contribution in [2.45, 2.75) is 104 Å². The molecule has 0 aliphatic carbocycles. The average molecular weight is 437 g/mol. The Kier molecular flexibility index (Phi) is 12.2. The molecule has 32 heavy (non-hydrogen) atoms. The topological polar surface area (TPSA) is 26.3 Å². The van der Waals surface area contributed by atoms with Crippen molar-refractivity contribution in [2.24, 2.45) is 5.92 Å². The van der Waals surface area contributed by atoms with Crippen LogP contribution in [0.15, 0.2) is 48.5 Å². The quantitative estimate of drug-likeness (QED) is 0.205. The second-order valence-corrected chi connectivity index (χ2v) is 9.37.